The van der Waals surface area contributed by atoms with Crippen molar-refractivity contribution < 1.29 is 13.9 Å². The molecular formula is C21H21ClN4O3. The lowest BCUT2D eigenvalue weighted by molar-refractivity contribution is -0.133. The van der Waals surface area contributed by atoms with Gasteiger partial charge in [0.05, 0.1) is 6.26 Å². The summed E-state index contributed by atoms with van der Waals surface area (Å²) in [5, 5.41) is 9.21. The third kappa shape index (κ3) is 4.51. The molecule has 0 spiro atoms. The zero-order chi connectivity index (χ0) is 20.2. The molecule has 2 aromatic heterocycles. The molecule has 3 aromatic rings. The smallest absolute Gasteiger partial charge is 0.260 e. The average molecular weight is 413 g/mol. The molecule has 0 aliphatic carbocycles. The van der Waals surface area contributed by atoms with Crippen LogP contribution < -0.4 is 9.64 Å². The molecule has 7 nitrogen and oxygen atoms in total. The number of aryl methyl sites for hydroxylation is 1. The summed E-state index contributed by atoms with van der Waals surface area (Å²) >= 11 is 6.01. The maximum atomic E-state index is 12.5. The van der Waals surface area contributed by atoms with Gasteiger partial charge in [0.15, 0.2) is 18.2 Å². The summed E-state index contributed by atoms with van der Waals surface area (Å²) in [5.41, 5.74) is 1.62. The number of aromatic nitrogens is 2. The molecule has 1 saturated heterocycles. The Morgan fingerprint density at radius 3 is 2.62 bits per heavy atom. The van der Waals surface area contributed by atoms with Crippen LogP contribution in [0.5, 0.6) is 5.75 Å². The van der Waals surface area contributed by atoms with Gasteiger partial charge in [0.1, 0.15) is 11.4 Å². The fraction of sp³-hybridized carbons (Fsp3) is 0.286. The number of hydrogen-bond donors (Lipinski definition) is 0. The van der Waals surface area contributed by atoms with Gasteiger partial charge in [-0.3, -0.25) is 4.79 Å². The molecule has 1 aliphatic rings. The number of nitrogens with zero attached hydrogens (tertiary/aromatic N) is 4. The van der Waals surface area contributed by atoms with E-state index in [0.717, 1.165) is 11.4 Å². The number of benzene rings is 1. The van der Waals surface area contributed by atoms with Crippen molar-refractivity contribution in [3.8, 4) is 17.2 Å². The Morgan fingerprint density at radius 1 is 1.14 bits per heavy atom. The second-order valence-electron chi connectivity index (χ2n) is 6.82. The van der Waals surface area contributed by atoms with Crippen LogP contribution in [0.4, 0.5) is 5.82 Å². The van der Waals surface area contributed by atoms with Gasteiger partial charge in [-0.1, -0.05) is 11.6 Å². The van der Waals surface area contributed by atoms with Crippen molar-refractivity contribution in [3.63, 3.8) is 0 Å². The molecule has 0 radical (unpaired) electrons. The van der Waals surface area contributed by atoms with E-state index in [9.17, 15) is 4.79 Å². The van der Waals surface area contributed by atoms with E-state index < -0.39 is 0 Å². The highest BCUT2D eigenvalue weighted by atomic mass is 35.5. The van der Waals surface area contributed by atoms with E-state index in [0.29, 0.717) is 48.4 Å². The van der Waals surface area contributed by atoms with Gasteiger partial charge in [0, 0.05) is 31.2 Å². The second-order valence-corrected chi connectivity index (χ2v) is 7.23. The van der Waals surface area contributed by atoms with Crippen molar-refractivity contribution in [2.24, 2.45) is 0 Å². The van der Waals surface area contributed by atoms with E-state index >= 15 is 0 Å². The summed E-state index contributed by atoms with van der Waals surface area (Å²) in [6, 6.07) is 12.9. The van der Waals surface area contributed by atoms with Crippen molar-refractivity contribution in [3.05, 3.63) is 59.3 Å². The standard InChI is InChI=1S/C21H21ClN4O3/c1-15-13-16(4-5-17(15)22)29-14-21(27)26-10-8-25(9-11-26)20-7-6-18(23-24-20)19-3-2-12-28-19/h2-7,12-13H,8-11,14H2,1H3. The van der Waals surface area contributed by atoms with Gasteiger partial charge < -0.3 is 19.0 Å². The Balaban J connectivity index is 1.28. The highest BCUT2D eigenvalue weighted by Crippen LogP contribution is 2.22. The van der Waals surface area contributed by atoms with Crippen molar-refractivity contribution in [1.29, 1.82) is 0 Å². The fourth-order valence-electron chi connectivity index (χ4n) is 3.18. The van der Waals surface area contributed by atoms with Crippen molar-refractivity contribution in [2.45, 2.75) is 6.92 Å². The minimum Gasteiger partial charge on any atom is -0.484 e. The lowest BCUT2D eigenvalue weighted by Gasteiger charge is -2.35. The summed E-state index contributed by atoms with van der Waals surface area (Å²) in [4.78, 5) is 16.4. The molecule has 1 amide bonds. The van der Waals surface area contributed by atoms with Gasteiger partial charge in [0.25, 0.3) is 5.91 Å². The first-order valence-electron chi connectivity index (χ1n) is 9.39. The summed E-state index contributed by atoms with van der Waals surface area (Å²) in [5.74, 6) is 2.10. The van der Waals surface area contributed by atoms with E-state index in [2.05, 4.69) is 15.1 Å². The van der Waals surface area contributed by atoms with E-state index in [1.807, 2.05) is 42.2 Å². The summed E-state index contributed by atoms with van der Waals surface area (Å²) in [6.07, 6.45) is 1.61. The van der Waals surface area contributed by atoms with Crippen LogP contribution in [0.3, 0.4) is 0 Å². The molecule has 1 aliphatic heterocycles. The Hall–Kier alpha value is -3.06. The first-order chi connectivity index (χ1) is 14.1. The monoisotopic (exact) mass is 412 g/mol. The number of furan rings is 1. The van der Waals surface area contributed by atoms with Crippen molar-refractivity contribution in [2.75, 3.05) is 37.7 Å². The van der Waals surface area contributed by atoms with Crippen LogP contribution in [0, 0.1) is 6.92 Å². The van der Waals surface area contributed by atoms with Crippen LogP contribution in [0.15, 0.2) is 53.1 Å². The normalized spacial score (nSPS) is 14.1. The lowest BCUT2D eigenvalue weighted by atomic mass is 10.2. The van der Waals surface area contributed by atoms with Gasteiger partial charge in [-0.15, -0.1) is 10.2 Å². The third-order valence-corrected chi connectivity index (χ3v) is 5.30. The molecule has 1 fully saturated rings. The number of carbonyl (C=O) groups excluding carboxylic acids is 1. The molecule has 29 heavy (non-hydrogen) atoms. The molecule has 8 heteroatoms. The lowest BCUT2D eigenvalue weighted by Crippen LogP contribution is -2.50. The number of carbonyl (C=O) groups is 1. The van der Waals surface area contributed by atoms with Crippen molar-refractivity contribution in [1.82, 2.24) is 15.1 Å². The molecule has 3 heterocycles. The first-order valence-corrected chi connectivity index (χ1v) is 9.77. The number of amides is 1. The third-order valence-electron chi connectivity index (χ3n) is 4.87. The zero-order valence-electron chi connectivity index (χ0n) is 16.0. The Labute approximate surface area is 173 Å². The largest absolute Gasteiger partial charge is 0.484 e. The highest BCUT2D eigenvalue weighted by Gasteiger charge is 2.22. The molecular weight excluding hydrogens is 392 g/mol. The van der Waals surface area contributed by atoms with Crippen LogP contribution in [0.1, 0.15) is 5.56 Å². The number of anilines is 1. The fourth-order valence-corrected chi connectivity index (χ4v) is 3.30. The highest BCUT2D eigenvalue weighted by molar-refractivity contribution is 6.31. The van der Waals surface area contributed by atoms with Crippen LogP contribution >= 0.6 is 11.6 Å². The quantitative estimate of drug-likeness (QED) is 0.639. The molecule has 1 aromatic carbocycles. The number of halogens is 1. The van der Waals surface area contributed by atoms with Crippen molar-refractivity contribution >= 4 is 23.3 Å². The predicted octanol–water partition coefficient (Wildman–Crippen LogP) is 3.43. The summed E-state index contributed by atoms with van der Waals surface area (Å²) in [6.45, 7) is 4.53. The predicted molar refractivity (Wildman–Crippen MR) is 110 cm³/mol. The maximum absolute atomic E-state index is 12.5. The van der Waals surface area contributed by atoms with E-state index in [1.54, 1.807) is 18.4 Å². The molecule has 0 unspecified atom stereocenters. The maximum Gasteiger partial charge on any atom is 0.260 e. The molecule has 0 bridgehead atoms. The minimum absolute atomic E-state index is 0.0126. The van der Waals surface area contributed by atoms with Gasteiger partial charge in [-0.2, -0.15) is 0 Å². The van der Waals surface area contributed by atoms with E-state index in [4.69, 9.17) is 20.8 Å². The molecule has 0 saturated carbocycles. The Morgan fingerprint density at radius 2 is 1.97 bits per heavy atom. The SMILES string of the molecule is Cc1cc(OCC(=O)N2CCN(c3ccc(-c4ccco4)nn3)CC2)ccc1Cl. The van der Waals surface area contributed by atoms with Crippen LogP contribution in [0.25, 0.3) is 11.5 Å². The van der Waals surface area contributed by atoms with Crippen LogP contribution in [0.2, 0.25) is 5.02 Å². The number of piperazine rings is 1. The zero-order valence-corrected chi connectivity index (χ0v) is 16.8. The van der Waals surface area contributed by atoms with Gasteiger partial charge >= 0.3 is 0 Å². The number of rotatable bonds is 5. The second kappa shape index (κ2) is 8.53. The molecule has 0 atom stereocenters. The van der Waals surface area contributed by atoms with Gasteiger partial charge in [0.2, 0.25) is 0 Å². The molecule has 150 valence electrons. The Kier molecular flexibility index (Phi) is 5.67. The molecule has 0 N–H and O–H groups in total. The summed E-state index contributed by atoms with van der Waals surface area (Å²) < 4.78 is 11.0. The van der Waals surface area contributed by atoms with Gasteiger partial charge in [-0.25, -0.2) is 0 Å². The van der Waals surface area contributed by atoms with Gasteiger partial charge in [-0.05, 0) is 55.0 Å². The average Bonchev–Trinajstić information content (AvgIpc) is 3.29. The summed E-state index contributed by atoms with van der Waals surface area (Å²) in [7, 11) is 0. The van der Waals surface area contributed by atoms with E-state index in [-0.39, 0.29) is 12.5 Å². The Bertz CT molecular complexity index is 968. The first kappa shape index (κ1) is 19.3. The van der Waals surface area contributed by atoms with Crippen LogP contribution in [-0.4, -0.2) is 53.8 Å². The minimum atomic E-state index is -0.0310. The van der Waals surface area contributed by atoms with E-state index in [1.165, 1.54) is 0 Å². The van der Waals surface area contributed by atoms with Crippen LogP contribution in [-0.2, 0) is 4.79 Å². The molecule has 4 rings (SSSR count). The topological polar surface area (TPSA) is 71.7 Å². The number of hydrogen-bond acceptors (Lipinski definition) is 6. The number of ether oxygens (including phenoxy) is 1.